The second-order valence-electron chi connectivity index (χ2n) is 5.02. The van der Waals surface area contributed by atoms with Crippen molar-refractivity contribution >= 4 is 34.1 Å². The number of hydrogen-bond acceptors (Lipinski definition) is 7. The van der Waals surface area contributed by atoms with Crippen molar-refractivity contribution in [1.82, 2.24) is 25.0 Å². The Bertz CT molecular complexity index is 894. The Balaban J connectivity index is 1.69. The molecule has 0 aliphatic rings. The molecule has 10 heteroatoms. The third-order valence-electron chi connectivity index (χ3n) is 3.22. The van der Waals surface area contributed by atoms with Crippen molar-refractivity contribution in [2.45, 2.75) is 25.5 Å². The predicted molar refractivity (Wildman–Crippen MR) is 95.1 cm³/mol. The average Bonchev–Trinajstić information content (AvgIpc) is 3.18. The maximum absolute atomic E-state index is 13.4. The van der Waals surface area contributed by atoms with E-state index < -0.39 is 0 Å². The Labute approximate surface area is 151 Å². The van der Waals surface area contributed by atoms with Gasteiger partial charge in [0.25, 0.3) is 0 Å². The van der Waals surface area contributed by atoms with Crippen molar-refractivity contribution in [2.75, 3.05) is 11.1 Å². The van der Waals surface area contributed by atoms with Crippen LogP contribution in [-0.4, -0.2) is 36.6 Å². The van der Waals surface area contributed by atoms with Crippen molar-refractivity contribution in [3.05, 3.63) is 35.1 Å². The molecule has 0 aliphatic carbocycles. The van der Waals surface area contributed by atoms with Gasteiger partial charge in [-0.05, 0) is 26.0 Å². The SMILES string of the molecule is CCn1c(SCC(=O)Nc2nnc(C)s2)nnc1-c1cccc(F)c1. The number of anilines is 1. The lowest BCUT2D eigenvalue weighted by molar-refractivity contribution is -0.113. The summed E-state index contributed by atoms with van der Waals surface area (Å²) in [6, 6.07) is 6.20. The van der Waals surface area contributed by atoms with Gasteiger partial charge in [0, 0.05) is 12.1 Å². The number of halogens is 1. The monoisotopic (exact) mass is 378 g/mol. The number of rotatable bonds is 6. The second kappa shape index (κ2) is 7.70. The van der Waals surface area contributed by atoms with Gasteiger partial charge in [0.2, 0.25) is 11.0 Å². The first-order chi connectivity index (χ1) is 12.1. The molecule has 3 rings (SSSR count). The summed E-state index contributed by atoms with van der Waals surface area (Å²) in [5.74, 6) is 0.216. The quantitative estimate of drug-likeness (QED) is 0.664. The van der Waals surface area contributed by atoms with Crippen LogP contribution in [0.2, 0.25) is 0 Å². The van der Waals surface area contributed by atoms with Crippen molar-refractivity contribution in [2.24, 2.45) is 0 Å². The average molecular weight is 378 g/mol. The lowest BCUT2D eigenvalue weighted by atomic mass is 10.2. The molecule has 0 spiro atoms. The van der Waals surface area contributed by atoms with Crippen molar-refractivity contribution in [1.29, 1.82) is 0 Å². The highest BCUT2D eigenvalue weighted by atomic mass is 32.2. The molecular formula is C15H15FN6OS2. The van der Waals surface area contributed by atoms with E-state index in [0.717, 1.165) is 5.01 Å². The first-order valence-corrected chi connectivity index (χ1v) is 9.29. The fraction of sp³-hybridized carbons (Fsp3) is 0.267. The van der Waals surface area contributed by atoms with E-state index in [9.17, 15) is 9.18 Å². The molecule has 0 bridgehead atoms. The number of carbonyl (C=O) groups is 1. The lowest BCUT2D eigenvalue weighted by Crippen LogP contribution is -2.14. The summed E-state index contributed by atoms with van der Waals surface area (Å²) in [4.78, 5) is 12.0. The van der Waals surface area contributed by atoms with Gasteiger partial charge in [-0.3, -0.25) is 10.1 Å². The summed E-state index contributed by atoms with van der Waals surface area (Å²) >= 11 is 2.58. The molecule has 3 aromatic rings. The molecule has 130 valence electrons. The zero-order chi connectivity index (χ0) is 17.8. The third kappa shape index (κ3) is 4.20. The topological polar surface area (TPSA) is 85.6 Å². The lowest BCUT2D eigenvalue weighted by Gasteiger charge is -2.07. The number of nitrogens with one attached hydrogen (secondary N) is 1. The molecule has 0 radical (unpaired) electrons. The minimum absolute atomic E-state index is 0.167. The van der Waals surface area contributed by atoms with Crippen LogP contribution in [0, 0.1) is 12.7 Å². The van der Waals surface area contributed by atoms with Gasteiger partial charge in [-0.1, -0.05) is 35.2 Å². The van der Waals surface area contributed by atoms with Gasteiger partial charge >= 0.3 is 0 Å². The molecule has 1 aromatic carbocycles. The summed E-state index contributed by atoms with van der Waals surface area (Å²) in [6.45, 7) is 4.37. The number of aryl methyl sites for hydroxylation is 1. The van der Waals surface area contributed by atoms with E-state index in [1.165, 1.54) is 35.2 Å². The van der Waals surface area contributed by atoms with E-state index in [4.69, 9.17) is 0 Å². The van der Waals surface area contributed by atoms with Crippen LogP contribution in [0.1, 0.15) is 11.9 Å². The Kier molecular flexibility index (Phi) is 5.39. The van der Waals surface area contributed by atoms with E-state index in [1.807, 2.05) is 18.4 Å². The van der Waals surface area contributed by atoms with Crippen molar-refractivity contribution in [3.8, 4) is 11.4 Å². The molecule has 1 N–H and O–H groups in total. The molecule has 1 amide bonds. The van der Waals surface area contributed by atoms with Crippen LogP contribution in [0.4, 0.5) is 9.52 Å². The first-order valence-electron chi connectivity index (χ1n) is 7.48. The standard InChI is InChI=1S/C15H15FN6OS2/c1-3-22-13(10-5-4-6-11(16)7-10)19-21-15(22)24-8-12(23)17-14-20-18-9(2)25-14/h4-7H,3,8H2,1-2H3,(H,17,20,23). The van der Waals surface area contributed by atoms with Crippen LogP contribution in [0.5, 0.6) is 0 Å². The van der Waals surface area contributed by atoms with Gasteiger partial charge in [0.05, 0.1) is 5.75 Å². The minimum atomic E-state index is -0.330. The molecule has 0 aliphatic heterocycles. The molecular weight excluding hydrogens is 363 g/mol. The number of thioether (sulfide) groups is 1. The maximum Gasteiger partial charge on any atom is 0.236 e. The summed E-state index contributed by atoms with van der Waals surface area (Å²) in [7, 11) is 0. The Morgan fingerprint density at radius 3 is 2.84 bits per heavy atom. The van der Waals surface area contributed by atoms with Crippen molar-refractivity contribution in [3.63, 3.8) is 0 Å². The van der Waals surface area contributed by atoms with Gasteiger partial charge in [0.1, 0.15) is 10.8 Å². The third-order valence-corrected chi connectivity index (χ3v) is 4.94. The van der Waals surface area contributed by atoms with Gasteiger partial charge < -0.3 is 4.57 Å². The second-order valence-corrected chi connectivity index (χ2v) is 7.15. The highest BCUT2D eigenvalue weighted by molar-refractivity contribution is 7.99. The molecule has 0 saturated heterocycles. The highest BCUT2D eigenvalue weighted by Gasteiger charge is 2.15. The van der Waals surface area contributed by atoms with E-state index in [2.05, 4.69) is 25.7 Å². The molecule has 0 unspecified atom stereocenters. The van der Waals surface area contributed by atoms with E-state index in [0.29, 0.717) is 28.2 Å². The van der Waals surface area contributed by atoms with E-state index >= 15 is 0 Å². The van der Waals surface area contributed by atoms with Crippen LogP contribution in [0.15, 0.2) is 29.4 Å². The molecule has 25 heavy (non-hydrogen) atoms. The fourth-order valence-corrected chi connectivity index (χ4v) is 3.56. The first kappa shape index (κ1) is 17.5. The molecule has 7 nitrogen and oxygen atoms in total. The summed E-state index contributed by atoms with van der Waals surface area (Å²) in [5.41, 5.74) is 0.648. The number of amides is 1. The molecule has 0 saturated carbocycles. The zero-order valence-electron chi connectivity index (χ0n) is 13.6. The van der Waals surface area contributed by atoms with Gasteiger partial charge in [-0.2, -0.15) is 0 Å². The van der Waals surface area contributed by atoms with Crippen LogP contribution in [0.25, 0.3) is 11.4 Å². The maximum atomic E-state index is 13.4. The fourth-order valence-electron chi connectivity index (χ4n) is 2.15. The van der Waals surface area contributed by atoms with E-state index in [-0.39, 0.29) is 17.5 Å². The number of nitrogens with zero attached hydrogens (tertiary/aromatic N) is 5. The normalized spacial score (nSPS) is 10.8. The van der Waals surface area contributed by atoms with Gasteiger partial charge in [0.15, 0.2) is 11.0 Å². The Hall–Kier alpha value is -2.33. The number of carbonyl (C=O) groups excluding carboxylic acids is 1. The minimum Gasteiger partial charge on any atom is -0.302 e. The summed E-state index contributed by atoms with van der Waals surface area (Å²) < 4.78 is 15.3. The molecule has 2 heterocycles. The largest absolute Gasteiger partial charge is 0.302 e. The Morgan fingerprint density at radius 2 is 2.16 bits per heavy atom. The summed E-state index contributed by atoms with van der Waals surface area (Å²) in [6.07, 6.45) is 0. The zero-order valence-corrected chi connectivity index (χ0v) is 15.2. The molecule has 0 atom stereocenters. The van der Waals surface area contributed by atoms with Gasteiger partial charge in [-0.15, -0.1) is 20.4 Å². The highest BCUT2D eigenvalue weighted by Crippen LogP contribution is 2.24. The van der Waals surface area contributed by atoms with Crippen LogP contribution < -0.4 is 5.32 Å². The summed E-state index contributed by atoms with van der Waals surface area (Å²) in [5, 5.41) is 20.5. The number of aromatic nitrogens is 5. The predicted octanol–water partition coefficient (Wildman–Crippen LogP) is 2.99. The molecule has 0 fully saturated rings. The molecule has 2 aromatic heterocycles. The van der Waals surface area contributed by atoms with E-state index in [1.54, 1.807) is 12.1 Å². The van der Waals surface area contributed by atoms with Crippen LogP contribution >= 0.6 is 23.1 Å². The Morgan fingerprint density at radius 1 is 1.32 bits per heavy atom. The smallest absolute Gasteiger partial charge is 0.236 e. The number of benzene rings is 1. The van der Waals surface area contributed by atoms with Crippen LogP contribution in [0.3, 0.4) is 0 Å². The van der Waals surface area contributed by atoms with Gasteiger partial charge in [-0.25, -0.2) is 4.39 Å². The van der Waals surface area contributed by atoms with Crippen LogP contribution in [-0.2, 0) is 11.3 Å². The number of hydrogen-bond donors (Lipinski definition) is 1. The van der Waals surface area contributed by atoms with Crippen molar-refractivity contribution < 1.29 is 9.18 Å².